The van der Waals surface area contributed by atoms with Crippen molar-refractivity contribution in [2.45, 2.75) is 0 Å². The van der Waals surface area contributed by atoms with Gasteiger partial charge in [-0.3, -0.25) is 9.89 Å². The third-order valence-electron chi connectivity index (χ3n) is 1.92. The molecular weight excluding hydrogens is 178 g/mol. The van der Waals surface area contributed by atoms with Crippen molar-refractivity contribution in [3.63, 3.8) is 0 Å². The molecule has 1 aromatic carbocycles. The van der Waals surface area contributed by atoms with Crippen molar-refractivity contribution >= 4 is 12.1 Å². The van der Waals surface area contributed by atoms with Crippen molar-refractivity contribution in [1.29, 1.82) is 0 Å². The fraction of sp³-hybridized carbons (Fsp3) is 0. The lowest BCUT2D eigenvalue weighted by Crippen LogP contribution is -1.92. The first-order chi connectivity index (χ1) is 6.90. The van der Waals surface area contributed by atoms with Crippen molar-refractivity contribution in [2.24, 2.45) is 0 Å². The normalized spacial score (nSPS) is 9.71. The van der Waals surface area contributed by atoms with Crippen LogP contribution >= 0.6 is 0 Å². The van der Waals surface area contributed by atoms with E-state index < -0.39 is 0 Å². The van der Waals surface area contributed by atoms with Gasteiger partial charge in [-0.1, -0.05) is 12.1 Å². The Morgan fingerprint density at radius 3 is 2.57 bits per heavy atom. The molecule has 14 heavy (non-hydrogen) atoms. The molecule has 4 nitrogen and oxygen atoms in total. The average Bonchev–Trinajstić information content (AvgIpc) is 2.72. The van der Waals surface area contributed by atoms with Crippen LogP contribution in [-0.4, -0.2) is 16.6 Å². The highest BCUT2D eigenvalue weighted by atomic mass is 16.1. The minimum atomic E-state index is 0.658. The highest BCUT2D eigenvalue weighted by Crippen LogP contribution is 2.18. The van der Waals surface area contributed by atoms with E-state index in [1.807, 2.05) is 30.3 Å². The van der Waals surface area contributed by atoms with Gasteiger partial charge in [0.2, 0.25) is 6.41 Å². The fourth-order valence-corrected chi connectivity index (χ4v) is 1.23. The van der Waals surface area contributed by atoms with E-state index in [1.54, 1.807) is 6.20 Å². The molecule has 1 amide bonds. The van der Waals surface area contributed by atoms with Crippen LogP contribution in [0.5, 0.6) is 0 Å². The third-order valence-corrected chi connectivity index (χ3v) is 1.92. The number of rotatable bonds is 3. The third kappa shape index (κ3) is 1.64. The van der Waals surface area contributed by atoms with Crippen molar-refractivity contribution in [2.75, 3.05) is 5.32 Å². The largest absolute Gasteiger partial charge is 0.329 e. The molecule has 0 atom stereocenters. The van der Waals surface area contributed by atoms with Crippen molar-refractivity contribution < 1.29 is 4.79 Å². The molecular formula is C10H9N3O. The maximum absolute atomic E-state index is 10.2. The van der Waals surface area contributed by atoms with Gasteiger partial charge < -0.3 is 5.32 Å². The highest BCUT2D eigenvalue weighted by molar-refractivity contribution is 5.73. The van der Waals surface area contributed by atoms with Crippen molar-refractivity contribution in [3.8, 4) is 11.3 Å². The molecule has 0 aliphatic heterocycles. The standard InChI is InChI=1S/C10H9N3O/c14-7-11-9-3-1-8(2-4-9)10-5-6-12-13-10/h1-7H,(H,11,14)(H,12,13). The number of nitrogens with zero attached hydrogens (tertiary/aromatic N) is 1. The van der Waals surface area contributed by atoms with Crippen LogP contribution < -0.4 is 5.32 Å². The molecule has 4 heteroatoms. The molecule has 0 radical (unpaired) electrons. The Morgan fingerprint density at radius 1 is 1.21 bits per heavy atom. The second kappa shape index (κ2) is 3.74. The van der Waals surface area contributed by atoms with Crippen LogP contribution in [0.3, 0.4) is 0 Å². The number of anilines is 1. The lowest BCUT2D eigenvalue weighted by atomic mass is 10.1. The number of benzene rings is 1. The highest BCUT2D eigenvalue weighted by Gasteiger charge is 1.97. The first-order valence-corrected chi connectivity index (χ1v) is 4.20. The van der Waals surface area contributed by atoms with E-state index in [0.29, 0.717) is 6.41 Å². The van der Waals surface area contributed by atoms with Gasteiger partial charge >= 0.3 is 0 Å². The fourth-order valence-electron chi connectivity index (χ4n) is 1.23. The predicted octanol–water partition coefficient (Wildman–Crippen LogP) is 1.64. The molecule has 0 fully saturated rings. The number of amides is 1. The van der Waals surface area contributed by atoms with Gasteiger partial charge in [0, 0.05) is 11.9 Å². The lowest BCUT2D eigenvalue weighted by molar-refractivity contribution is -0.105. The summed E-state index contributed by atoms with van der Waals surface area (Å²) in [6.45, 7) is 0. The summed E-state index contributed by atoms with van der Waals surface area (Å²) in [5.74, 6) is 0. The van der Waals surface area contributed by atoms with Crippen LogP contribution in [0, 0.1) is 0 Å². The van der Waals surface area contributed by atoms with E-state index in [9.17, 15) is 4.79 Å². The topological polar surface area (TPSA) is 57.8 Å². The molecule has 0 unspecified atom stereocenters. The molecule has 1 heterocycles. The molecule has 0 spiro atoms. The summed E-state index contributed by atoms with van der Waals surface area (Å²) in [7, 11) is 0. The Bertz CT molecular complexity index is 405. The minimum absolute atomic E-state index is 0.658. The number of H-pyrrole nitrogens is 1. The van der Waals surface area contributed by atoms with Crippen LogP contribution in [0.15, 0.2) is 36.5 Å². The van der Waals surface area contributed by atoms with Crippen LogP contribution in [-0.2, 0) is 4.79 Å². The maximum Gasteiger partial charge on any atom is 0.211 e. The van der Waals surface area contributed by atoms with E-state index in [-0.39, 0.29) is 0 Å². The number of aromatic amines is 1. The first-order valence-electron chi connectivity index (χ1n) is 4.20. The number of aromatic nitrogens is 2. The maximum atomic E-state index is 10.2. The van der Waals surface area contributed by atoms with E-state index in [2.05, 4.69) is 15.5 Å². The molecule has 0 aliphatic rings. The van der Waals surface area contributed by atoms with Crippen molar-refractivity contribution in [3.05, 3.63) is 36.5 Å². The lowest BCUT2D eigenvalue weighted by Gasteiger charge is -2.00. The van der Waals surface area contributed by atoms with Gasteiger partial charge in [-0.2, -0.15) is 5.10 Å². The molecule has 0 aliphatic carbocycles. The monoisotopic (exact) mass is 187 g/mol. The van der Waals surface area contributed by atoms with Crippen LogP contribution in [0.2, 0.25) is 0 Å². The SMILES string of the molecule is O=CNc1ccc(-c2ccn[nH]2)cc1. The van der Waals surface area contributed by atoms with E-state index in [1.165, 1.54) is 0 Å². The Morgan fingerprint density at radius 2 is 2.00 bits per heavy atom. The quantitative estimate of drug-likeness (QED) is 0.718. The van der Waals surface area contributed by atoms with Crippen LogP contribution in [0.25, 0.3) is 11.3 Å². The molecule has 2 N–H and O–H groups in total. The molecule has 0 saturated carbocycles. The summed E-state index contributed by atoms with van der Waals surface area (Å²) in [6.07, 6.45) is 2.36. The van der Waals surface area contributed by atoms with E-state index >= 15 is 0 Å². The molecule has 2 rings (SSSR count). The summed E-state index contributed by atoms with van der Waals surface area (Å²) >= 11 is 0. The Labute approximate surface area is 81.0 Å². The van der Waals surface area contributed by atoms with Crippen LogP contribution in [0.4, 0.5) is 5.69 Å². The first kappa shape index (κ1) is 8.50. The van der Waals surface area contributed by atoms with Gasteiger partial charge in [0.25, 0.3) is 0 Å². The van der Waals surface area contributed by atoms with Gasteiger partial charge in [-0.15, -0.1) is 0 Å². The van der Waals surface area contributed by atoms with Crippen molar-refractivity contribution in [1.82, 2.24) is 10.2 Å². The predicted molar refractivity (Wildman–Crippen MR) is 53.7 cm³/mol. The minimum Gasteiger partial charge on any atom is -0.329 e. The Kier molecular flexibility index (Phi) is 2.27. The van der Waals surface area contributed by atoms with Gasteiger partial charge in [0.1, 0.15) is 0 Å². The molecule has 70 valence electrons. The molecule has 1 aromatic heterocycles. The number of carbonyl (C=O) groups is 1. The zero-order valence-electron chi connectivity index (χ0n) is 7.40. The summed E-state index contributed by atoms with van der Waals surface area (Å²) in [5, 5.41) is 9.30. The van der Waals surface area contributed by atoms with Gasteiger partial charge in [-0.05, 0) is 23.8 Å². The summed E-state index contributed by atoms with van der Waals surface area (Å²) in [6, 6.07) is 9.40. The number of nitrogens with one attached hydrogen (secondary N) is 2. The van der Waals surface area contributed by atoms with Gasteiger partial charge in [0.05, 0.1) is 5.69 Å². The van der Waals surface area contributed by atoms with Gasteiger partial charge in [0.15, 0.2) is 0 Å². The smallest absolute Gasteiger partial charge is 0.211 e. The second-order valence-corrected chi connectivity index (χ2v) is 2.81. The number of carbonyl (C=O) groups excluding carboxylic acids is 1. The zero-order chi connectivity index (χ0) is 9.80. The second-order valence-electron chi connectivity index (χ2n) is 2.81. The molecule has 0 saturated heterocycles. The summed E-state index contributed by atoms with van der Waals surface area (Å²) in [5.41, 5.74) is 2.78. The molecule has 0 bridgehead atoms. The van der Waals surface area contributed by atoms with Crippen LogP contribution in [0.1, 0.15) is 0 Å². The van der Waals surface area contributed by atoms with E-state index in [4.69, 9.17) is 0 Å². The summed E-state index contributed by atoms with van der Waals surface area (Å²) < 4.78 is 0. The molecule has 2 aromatic rings. The average molecular weight is 187 g/mol. The number of hydrogen-bond acceptors (Lipinski definition) is 2. The summed E-state index contributed by atoms with van der Waals surface area (Å²) in [4.78, 5) is 10.2. The zero-order valence-corrected chi connectivity index (χ0v) is 7.40. The van der Waals surface area contributed by atoms with E-state index in [0.717, 1.165) is 16.9 Å². The Balaban J connectivity index is 2.26. The number of hydrogen-bond donors (Lipinski definition) is 2. The van der Waals surface area contributed by atoms with Gasteiger partial charge in [-0.25, -0.2) is 0 Å². The Hall–Kier alpha value is -2.10.